The number of nitrogens with one attached hydrogen (secondary N) is 6. The fraction of sp³-hybridized carbons (Fsp3) is 0.714. The maximum Gasteiger partial charge on any atom is 0.404 e. The molecule has 0 bridgehead atoms. The van der Waals surface area contributed by atoms with Crippen LogP contribution in [0.3, 0.4) is 0 Å². The summed E-state index contributed by atoms with van der Waals surface area (Å²) in [5.74, 6) is -7.05. The lowest BCUT2D eigenvalue weighted by Crippen LogP contribution is -2.70. The number of carbonyl (C=O) groups excluding carboxylic acids is 6. The van der Waals surface area contributed by atoms with E-state index in [1.54, 1.807) is 0 Å². The van der Waals surface area contributed by atoms with Crippen LogP contribution in [-0.2, 0) is 43.0 Å². The number of guanidine groups is 1. The van der Waals surface area contributed by atoms with E-state index >= 15 is 0 Å². The number of aliphatic carboxylic acids is 1. The average Bonchev–Trinajstić information content (AvgIpc) is 3.50. The molecule has 0 radical (unpaired) electrons. The molecule has 3 rings (SSSR count). The molecule has 2 fully saturated rings. The molecule has 0 aromatic rings. The zero-order chi connectivity index (χ0) is 38.2. The van der Waals surface area contributed by atoms with E-state index in [1.807, 2.05) is 0 Å². The van der Waals surface area contributed by atoms with Gasteiger partial charge in [-0.15, -0.1) is 0 Å². The quantitative estimate of drug-likeness (QED) is 0.0550. The summed E-state index contributed by atoms with van der Waals surface area (Å²) in [7, 11) is 2.84. The predicted molar refractivity (Wildman–Crippen MR) is 169 cm³/mol. The molecule has 0 aromatic heterocycles. The number of nitrogens with zero attached hydrogens (tertiary/aromatic N) is 2. The van der Waals surface area contributed by atoms with Gasteiger partial charge in [0.2, 0.25) is 23.6 Å². The highest BCUT2D eigenvalue weighted by Gasteiger charge is 2.52. The van der Waals surface area contributed by atoms with Crippen LogP contribution >= 0.6 is 0 Å². The summed E-state index contributed by atoms with van der Waals surface area (Å²) < 4.78 is 16.4. The molecular weight excluding hydrogens is 686 g/mol. The summed E-state index contributed by atoms with van der Waals surface area (Å²) in [6.45, 7) is 0.638. The Morgan fingerprint density at radius 3 is 2.39 bits per heavy atom. The van der Waals surface area contributed by atoms with Crippen LogP contribution in [0.25, 0.3) is 0 Å². The maximum atomic E-state index is 13.0. The van der Waals surface area contributed by atoms with Crippen molar-refractivity contribution in [2.75, 3.05) is 40.4 Å². The van der Waals surface area contributed by atoms with Crippen molar-refractivity contribution >= 4 is 47.6 Å². The molecule has 286 valence electrons. The zero-order valence-electron chi connectivity index (χ0n) is 28.2. The van der Waals surface area contributed by atoms with E-state index in [0.717, 1.165) is 4.90 Å². The topological polar surface area (TPSA) is 342 Å². The number of amides is 5. The van der Waals surface area contributed by atoms with Crippen molar-refractivity contribution in [3.05, 3.63) is 0 Å². The molecule has 23 heteroatoms. The Morgan fingerprint density at radius 2 is 1.82 bits per heavy atom. The summed E-state index contributed by atoms with van der Waals surface area (Å²) in [5.41, 5.74) is 5.25. The van der Waals surface area contributed by atoms with Crippen LogP contribution in [0.2, 0.25) is 0 Å². The SMILES string of the molecule is CCC(C(=O)NC(C)C(=O)O)C(=O)NC(CO)C(=O)OCC1OC(NC2=NC3C(=O)NCC(O)C3N2)C(N(C)C(=O)CNC)C(O)C1OC(N)=O. The molecule has 51 heavy (non-hydrogen) atoms. The first-order chi connectivity index (χ1) is 24.0. The Hall–Kier alpha value is -4.84. The molecule has 3 aliphatic heterocycles. The van der Waals surface area contributed by atoms with Crippen LogP contribution in [0.4, 0.5) is 4.79 Å². The number of hydrogen-bond donors (Lipinski definition) is 11. The first-order valence-corrected chi connectivity index (χ1v) is 15.9. The van der Waals surface area contributed by atoms with Gasteiger partial charge >= 0.3 is 18.0 Å². The Morgan fingerprint density at radius 1 is 1.16 bits per heavy atom. The second kappa shape index (κ2) is 17.9. The van der Waals surface area contributed by atoms with E-state index in [1.165, 1.54) is 27.9 Å². The summed E-state index contributed by atoms with van der Waals surface area (Å²) in [4.78, 5) is 91.9. The van der Waals surface area contributed by atoms with Gasteiger partial charge in [0.05, 0.1) is 25.3 Å². The summed E-state index contributed by atoms with van der Waals surface area (Å²) in [6, 6.07) is -6.22. The lowest BCUT2D eigenvalue weighted by molar-refractivity contribution is -0.219. The first-order valence-electron chi connectivity index (χ1n) is 15.9. The molecule has 2 saturated heterocycles. The van der Waals surface area contributed by atoms with Crippen molar-refractivity contribution in [1.82, 2.24) is 36.8 Å². The third kappa shape index (κ3) is 9.90. The number of rotatable bonds is 15. The first kappa shape index (κ1) is 40.6. The van der Waals surface area contributed by atoms with Crippen LogP contribution in [0, 0.1) is 5.92 Å². The number of aliphatic hydroxyl groups is 3. The fourth-order valence-electron chi connectivity index (χ4n) is 5.60. The number of ether oxygens (including phenoxy) is 3. The predicted octanol–water partition coefficient (Wildman–Crippen LogP) is -7.01. The minimum absolute atomic E-state index is 0.0383. The lowest BCUT2D eigenvalue weighted by Gasteiger charge is -2.47. The number of primary amides is 1. The molecule has 0 aliphatic carbocycles. The van der Waals surface area contributed by atoms with Crippen molar-refractivity contribution in [2.24, 2.45) is 16.6 Å². The largest absolute Gasteiger partial charge is 0.480 e. The minimum atomic E-state index is -1.76. The molecule has 23 nitrogen and oxygen atoms in total. The number of piperidine rings is 1. The number of aliphatic imine (C=N–C) groups is 1. The van der Waals surface area contributed by atoms with Gasteiger partial charge in [-0.05, 0) is 20.4 Å². The third-order valence-electron chi connectivity index (χ3n) is 8.41. The lowest BCUT2D eigenvalue weighted by atomic mass is 9.94. The Balaban J connectivity index is 1.82. The number of carboxylic acids is 1. The van der Waals surface area contributed by atoms with Gasteiger partial charge in [0.15, 0.2) is 30.4 Å². The van der Waals surface area contributed by atoms with Crippen LogP contribution in [-0.4, -0.2) is 174 Å². The van der Waals surface area contributed by atoms with E-state index in [-0.39, 0.29) is 25.5 Å². The second-order valence-electron chi connectivity index (χ2n) is 12.0. The number of likely N-dealkylation sites (N-methyl/N-ethyl adjacent to an activating group) is 2. The molecule has 5 amide bonds. The fourth-order valence-corrected chi connectivity index (χ4v) is 5.60. The highest BCUT2D eigenvalue weighted by Crippen LogP contribution is 2.27. The van der Waals surface area contributed by atoms with Crippen LogP contribution in [0.1, 0.15) is 20.3 Å². The normalized spacial score (nSPS) is 28.6. The van der Waals surface area contributed by atoms with E-state index in [2.05, 4.69) is 36.9 Å². The maximum absolute atomic E-state index is 13.0. The summed E-state index contributed by atoms with van der Waals surface area (Å²) in [6.07, 6.45) is -8.81. The summed E-state index contributed by atoms with van der Waals surface area (Å²) >= 11 is 0. The minimum Gasteiger partial charge on any atom is -0.480 e. The molecule has 12 N–H and O–H groups in total. The van der Waals surface area contributed by atoms with Crippen molar-refractivity contribution < 1.29 is 68.2 Å². The number of nitrogens with two attached hydrogens (primary N) is 1. The van der Waals surface area contributed by atoms with Crippen molar-refractivity contribution in [3.63, 3.8) is 0 Å². The number of esters is 1. The number of carbonyl (C=O) groups is 7. The molecule has 11 unspecified atom stereocenters. The van der Waals surface area contributed by atoms with E-state index in [0.29, 0.717) is 0 Å². The monoisotopic (exact) mass is 731 g/mol. The number of aliphatic hydroxyl groups excluding tert-OH is 3. The van der Waals surface area contributed by atoms with Gasteiger partial charge in [0.25, 0.3) is 0 Å². The van der Waals surface area contributed by atoms with Crippen LogP contribution in [0.5, 0.6) is 0 Å². The molecule has 0 saturated carbocycles. The highest BCUT2D eigenvalue weighted by atomic mass is 16.6. The van der Waals surface area contributed by atoms with Crippen molar-refractivity contribution in [1.29, 1.82) is 0 Å². The van der Waals surface area contributed by atoms with Crippen molar-refractivity contribution in [2.45, 2.75) is 81.1 Å². The van der Waals surface area contributed by atoms with Gasteiger partial charge in [-0.2, -0.15) is 0 Å². The Bertz CT molecular complexity index is 1370. The smallest absolute Gasteiger partial charge is 0.404 e. The standard InChI is InChI=1S/C28H45N9O14/c1-5-11(21(42)32-10(2)25(45)46)22(43)33-12(8-38)26(47)49-9-14-20(51-27(29)48)19(41)18(37(4)15(40)7-30-3)24(50-14)36-28-34-16-13(39)6-31-23(44)17(16)35-28/h10-14,16-20,24,30,38-39,41H,5-9H2,1-4H3,(H2,29,48)(H,31,44)(H,32,42)(H,33,43)(H,45,46)(H2,34,35,36). The number of hydrogen-bond acceptors (Lipinski definition) is 17. The molecule has 11 atom stereocenters. The van der Waals surface area contributed by atoms with Crippen LogP contribution < -0.4 is 37.6 Å². The van der Waals surface area contributed by atoms with E-state index < -0.39 is 122 Å². The van der Waals surface area contributed by atoms with Crippen LogP contribution in [0.15, 0.2) is 4.99 Å². The van der Waals surface area contributed by atoms with Crippen molar-refractivity contribution in [3.8, 4) is 0 Å². The van der Waals surface area contributed by atoms with E-state index in [9.17, 15) is 48.9 Å². The Labute approximate surface area is 291 Å². The summed E-state index contributed by atoms with van der Waals surface area (Å²) in [5, 5.41) is 56.0. The van der Waals surface area contributed by atoms with Gasteiger partial charge in [0.1, 0.15) is 36.8 Å². The molecular formula is C28H45N9O14. The molecule has 0 spiro atoms. The number of β-amino-alcohol motifs (C(OH)–C–C–N with tert-alkyl or cyclic N) is 1. The van der Waals surface area contributed by atoms with Gasteiger partial charge in [0, 0.05) is 13.6 Å². The number of carboxylic acid groups (broad SMARTS) is 1. The van der Waals surface area contributed by atoms with Gasteiger partial charge in [-0.1, -0.05) is 6.92 Å². The van der Waals surface area contributed by atoms with Gasteiger partial charge in [-0.25, -0.2) is 14.6 Å². The van der Waals surface area contributed by atoms with E-state index in [4.69, 9.17) is 25.1 Å². The average molecular weight is 732 g/mol. The third-order valence-corrected chi connectivity index (χ3v) is 8.41. The molecule has 3 aliphatic rings. The second-order valence-corrected chi connectivity index (χ2v) is 12.0. The zero-order valence-corrected chi connectivity index (χ0v) is 28.2. The molecule has 0 aromatic carbocycles. The molecule has 3 heterocycles. The number of fused-ring (bicyclic) bond motifs is 1. The van der Waals surface area contributed by atoms with Gasteiger partial charge < -0.3 is 77.2 Å². The highest BCUT2D eigenvalue weighted by molar-refractivity contribution is 6.02. The Kier molecular flexibility index (Phi) is 14.2. The van der Waals surface area contributed by atoms with Gasteiger partial charge in [-0.3, -0.25) is 24.0 Å².